The third kappa shape index (κ3) is 5.05. The Hall–Kier alpha value is -2.52. The van der Waals surface area contributed by atoms with E-state index in [1.807, 2.05) is 12.1 Å². The predicted molar refractivity (Wildman–Crippen MR) is 108 cm³/mol. The summed E-state index contributed by atoms with van der Waals surface area (Å²) in [5, 5.41) is 0.468. The minimum atomic E-state index is -3.86. The van der Waals surface area contributed by atoms with Crippen molar-refractivity contribution in [3.63, 3.8) is 0 Å². The highest BCUT2D eigenvalue weighted by Gasteiger charge is 2.19. The minimum absolute atomic E-state index is 0.108. The van der Waals surface area contributed by atoms with E-state index in [2.05, 4.69) is 28.8 Å². The lowest BCUT2D eigenvalue weighted by Crippen LogP contribution is -2.34. The Labute approximate surface area is 166 Å². The molecule has 3 aromatic rings. The molecule has 9 heteroatoms. The molecule has 0 bridgehead atoms. The van der Waals surface area contributed by atoms with E-state index in [-0.39, 0.29) is 4.90 Å². The van der Waals surface area contributed by atoms with Gasteiger partial charge in [-0.2, -0.15) is 0 Å². The number of halogens is 1. The molecular weight excluding hydrogens is 401 g/mol. The SMILES string of the molecule is CCCCc1ccc2nc(NNC(=O)CS(=O)(=O)c3ccc(F)cc3)sc2c1. The second kappa shape index (κ2) is 8.66. The number of benzene rings is 2. The van der Waals surface area contributed by atoms with E-state index < -0.39 is 27.3 Å². The van der Waals surface area contributed by atoms with E-state index in [1.165, 1.54) is 16.9 Å². The van der Waals surface area contributed by atoms with Gasteiger partial charge < -0.3 is 0 Å². The van der Waals surface area contributed by atoms with Crippen LogP contribution in [0, 0.1) is 5.82 Å². The minimum Gasteiger partial charge on any atom is -0.273 e. The zero-order chi connectivity index (χ0) is 20.1. The van der Waals surface area contributed by atoms with Crippen molar-refractivity contribution in [3.8, 4) is 0 Å². The van der Waals surface area contributed by atoms with Crippen molar-refractivity contribution in [1.29, 1.82) is 0 Å². The first-order chi connectivity index (χ1) is 13.4. The molecule has 6 nitrogen and oxygen atoms in total. The van der Waals surface area contributed by atoms with Gasteiger partial charge in [-0.25, -0.2) is 17.8 Å². The Kier molecular flexibility index (Phi) is 6.25. The van der Waals surface area contributed by atoms with Gasteiger partial charge >= 0.3 is 0 Å². The molecule has 0 saturated carbocycles. The maximum Gasteiger partial charge on any atom is 0.253 e. The second-order valence-electron chi connectivity index (χ2n) is 6.31. The molecule has 0 atom stereocenters. The molecule has 1 heterocycles. The maximum absolute atomic E-state index is 12.9. The summed E-state index contributed by atoms with van der Waals surface area (Å²) >= 11 is 1.37. The molecule has 28 heavy (non-hydrogen) atoms. The van der Waals surface area contributed by atoms with Crippen molar-refractivity contribution in [1.82, 2.24) is 10.4 Å². The van der Waals surface area contributed by atoms with Crippen LogP contribution in [0.4, 0.5) is 9.52 Å². The third-order valence-corrected chi connectivity index (χ3v) is 6.64. The summed E-state index contributed by atoms with van der Waals surface area (Å²) in [6.45, 7) is 2.15. The van der Waals surface area contributed by atoms with Gasteiger partial charge in [0.25, 0.3) is 5.91 Å². The molecule has 1 amide bonds. The van der Waals surface area contributed by atoms with Crippen LogP contribution in [0.2, 0.25) is 0 Å². The lowest BCUT2D eigenvalue weighted by molar-refractivity contribution is -0.118. The summed E-state index contributed by atoms with van der Waals surface area (Å²) in [5.41, 5.74) is 7.06. The first kappa shape index (κ1) is 20.2. The van der Waals surface area contributed by atoms with Crippen LogP contribution < -0.4 is 10.9 Å². The molecule has 0 saturated heterocycles. The molecular formula is C19H20FN3O3S2. The summed E-state index contributed by atoms with van der Waals surface area (Å²) in [5.74, 6) is -2.02. The Morgan fingerprint density at radius 3 is 2.64 bits per heavy atom. The fourth-order valence-electron chi connectivity index (χ4n) is 2.62. The number of thiazole rings is 1. The number of carbonyl (C=O) groups excluding carboxylic acids is 1. The molecule has 0 spiro atoms. The van der Waals surface area contributed by atoms with E-state index in [4.69, 9.17) is 0 Å². The van der Waals surface area contributed by atoms with Crippen molar-refractivity contribution < 1.29 is 17.6 Å². The summed E-state index contributed by atoms with van der Waals surface area (Å²) < 4.78 is 38.3. The number of nitrogens with zero attached hydrogens (tertiary/aromatic N) is 1. The molecule has 1 aromatic heterocycles. The molecule has 3 rings (SSSR count). The number of hydrogen-bond acceptors (Lipinski definition) is 6. The van der Waals surface area contributed by atoms with Crippen molar-refractivity contribution in [2.24, 2.45) is 0 Å². The van der Waals surface area contributed by atoms with Crippen molar-refractivity contribution in [2.75, 3.05) is 11.2 Å². The van der Waals surface area contributed by atoms with E-state index in [0.29, 0.717) is 5.13 Å². The lowest BCUT2D eigenvalue weighted by Gasteiger charge is -2.06. The Morgan fingerprint density at radius 1 is 1.18 bits per heavy atom. The molecule has 0 unspecified atom stereocenters. The molecule has 0 aliphatic heterocycles. The molecule has 0 radical (unpaired) electrons. The molecule has 148 valence electrons. The van der Waals surface area contributed by atoms with Crippen LogP contribution in [0.5, 0.6) is 0 Å². The van der Waals surface area contributed by atoms with Crippen LogP contribution >= 0.6 is 11.3 Å². The Bertz CT molecular complexity index is 1080. The third-order valence-electron chi connectivity index (χ3n) is 4.07. The smallest absolute Gasteiger partial charge is 0.253 e. The number of hydrogen-bond donors (Lipinski definition) is 2. The highest BCUT2D eigenvalue weighted by molar-refractivity contribution is 7.92. The van der Waals surface area contributed by atoms with Crippen molar-refractivity contribution in [2.45, 2.75) is 31.1 Å². The standard InChI is InChI=1S/C19H20FN3O3S2/c1-2-3-4-13-5-10-16-17(11-13)27-19(21-16)23-22-18(24)12-28(25,26)15-8-6-14(20)7-9-15/h5-11H,2-4,12H2,1H3,(H,21,23)(H,22,24). The van der Waals surface area contributed by atoms with Crippen molar-refractivity contribution >= 4 is 42.4 Å². The van der Waals surface area contributed by atoms with Gasteiger partial charge in [0.15, 0.2) is 9.84 Å². The summed E-state index contributed by atoms with van der Waals surface area (Å²) in [7, 11) is -3.86. The number of carbonyl (C=O) groups is 1. The summed E-state index contributed by atoms with van der Waals surface area (Å²) in [6.07, 6.45) is 3.25. The van der Waals surface area contributed by atoms with Crippen LogP contribution in [-0.2, 0) is 21.1 Å². The monoisotopic (exact) mass is 421 g/mol. The van der Waals surface area contributed by atoms with Gasteiger partial charge in [-0.1, -0.05) is 30.7 Å². The Morgan fingerprint density at radius 2 is 1.93 bits per heavy atom. The quantitative estimate of drug-likeness (QED) is 0.428. The number of hydrazine groups is 1. The molecule has 0 fully saturated rings. The number of unbranched alkanes of at least 4 members (excludes halogenated alkanes) is 1. The van der Waals surface area contributed by atoms with Gasteiger partial charge in [-0.3, -0.25) is 15.6 Å². The number of amides is 1. The van der Waals surface area contributed by atoms with Gasteiger partial charge in [-0.15, -0.1) is 0 Å². The second-order valence-corrected chi connectivity index (χ2v) is 9.33. The lowest BCUT2D eigenvalue weighted by atomic mass is 10.1. The number of nitrogens with one attached hydrogen (secondary N) is 2. The first-order valence-corrected chi connectivity index (χ1v) is 11.3. The van der Waals surface area contributed by atoms with Gasteiger partial charge in [0.2, 0.25) is 5.13 Å². The Balaban J connectivity index is 1.61. The van der Waals surface area contributed by atoms with E-state index in [0.717, 1.165) is 53.7 Å². The van der Waals surface area contributed by atoms with Crippen molar-refractivity contribution in [3.05, 3.63) is 53.8 Å². The normalized spacial score (nSPS) is 11.5. The number of sulfone groups is 1. The largest absolute Gasteiger partial charge is 0.273 e. The van der Waals surface area contributed by atoms with Crippen LogP contribution in [-0.4, -0.2) is 25.1 Å². The fraction of sp³-hybridized carbons (Fsp3) is 0.263. The zero-order valence-corrected chi connectivity index (χ0v) is 16.9. The topological polar surface area (TPSA) is 88.2 Å². The molecule has 2 N–H and O–H groups in total. The number of rotatable bonds is 8. The zero-order valence-electron chi connectivity index (χ0n) is 15.2. The summed E-state index contributed by atoms with van der Waals surface area (Å²) in [4.78, 5) is 16.3. The van der Waals surface area contributed by atoms with E-state index in [9.17, 15) is 17.6 Å². The fourth-order valence-corrected chi connectivity index (χ4v) is 4.63. The summed E-state index contributed by atoms with van der Waals surface area (Å²) in [6, 6.07) is 10.4. The van der Waals surface area contributed by atoms with E-state index in [1.54, 1.807) is 0 Å². The predicted octanol–water partition coefficient (Wildman–Crippen LogP) is 3.70. The maximum atomic E-state index is 12.9. The highest BCUT2D eigenvalue weighted by atomic mass is 32.2. The van der Waals surface area contributed by atoms with Gasteiger partial charge in [0.05, 0.1) is 15.1 Å². The average molecular weight is 422 g/mol. The van der Waals surface area contributed by atoms with Gasteiger partial charge in [0, 0.05) is 0 Å². The van der Waals surface area contributed by atoms with Crippen LogP contribution in [0.1, 0.15) is 25.3 Å². The first-order valence-electron chi connectivity index (χ1n) is 8.80. The van der Waals surface area contributed by atoms with Crippen LogP contribution in [0.3, 0.4) is 0 Å². The van der Waals surface area contributed by atoms with Crippen LogP contribution in [0.15, 0.2) is 47.4 Å². The molecule has 2 aromatic carbocycles. The molecule has 0 aliphatic rings. The van der Waals surface area contributed by atoms with Gasteiger partial charge in [0.1, 0.15) is 11.6 Å². The van der Waals surface area contributed by atoms with E-state index >= 15 is 0 Å². The number of aromatic nitrogens is 1. The average Bonchev–Trinajstić information content (AvgIpc) is 3.07. The van der Waals surface area contributed by atoms with Crippen LogP contribution in [0.25, 0.3) is 10.2 Å². The number of anilines is 1. The van der Waals surface area contributed by atoms with Gasteiger partial charge in [-0.05, 0) is 54.8 Å². The molecule has 0 aliphatic carbocycles. The number of aryl methyl sites for hydroxylation is 1. The number of fused-ring (bicyclic) bond motifs is 1. The highest BCUT2D eigenvalue weighted by Crippen LogP contribution is 2.26.